The molecule has 1 aliphatic rings. The van der Waals surface area contributed by atoms with Crippen molar-refractivity contribution >= 4 is 0 Å². The van der Waals surface area contributed by atoms with Crippen molar-refractivity contribution in [2.75, 3.05) is 0 Å². The summed E-state index contributed by atoms with van der Waals surface area (Å²) in [6.07, 6.45) is 4.85. The average molecular weight is 138 g/mol. The Hall–Kier alpha value is -0.260. The quantitative estimate of drug-likeness (QED) is 0.488. The number of hydrogen-bond donors (Lipinski definition) is 0. The van der Waals surface area contributed by atoms with E-state index in [2.05, 4.69) is 33.4 Å². The molecule has 0 radical (unpaired) electrons. The number of hydrogen-bond acceptors (Lipinski definition) is 0. The van der Waals surface area contributed by atoms with Crippen LogP contribution >= 0.6 is 0 Å². The first-order valence-electron chi connectivity index (χ1n) is 4.21. The van der Waals surface area contributed by atoms with E-state index in [0.717, 1.165) is 11.8 Å². The van der Waals surface area contributed by atoms with Gasteiger partial charge in [-0.3, -0.25) is 0 Å². The third kappa shape index (κ3) is 1.00. The van der Waals surface area contributed by atoms with Gasteiger partial charge in [-0.15, -0.1) is 6.58 Å². The zero-order valence-electron chi connectivity index (χ0n) is 7.35. The van der Waals surface area contributed by atoms with Gasteiger partial charge in [-0.05, 0) is 30.1 Å². The van der Waals surface area contributed by atoms with E-state index in [0.29, 0.717) is 5.41 Å². The van der Waals surface area contributed by atoms with E-state index in [4.69, 9.17) is 0 Å². The molecular weight excluding hydrogens is 120 g/mol. The first-order valence-corrected chi connectivity index (χ1v) is 4.21. The van der Waals surface area contributed by atoms with Crippen molar-refractivity contribution in [1.82, 2.24) is 0 Å². The van der Waals surface area contributed by atoms with Gasteiger partial charge < -0.3 is 0 Å². The van der Waals surface area contributed by atoms with Crippen molar-refractivity contribution in [1.29, 1.82) is 0 Å². The molecule has 0 aromatic carbocycles. The molecule has 0 N–H and O–H groups in total. The zero-order valence-corrected chi connectivity index (χ0v) is 7.35. The first kappa shape index (κ1) is 7.84. The first-order chi connectivity index (χ1) is 4.59. The standard InChI is InChI=1S/C10H18/c1-5-9-7-6-8(2)10(9,3)4/h5,8-9H,1,6-7H2,2-4H3. The summed E-state index contributed by atoms with van der Waals surface area (Å²) < 4.78 is 0. The van der Waals surface area contributed by atoms with Crippen LogP contribution in [0.25, 0.3) is 0 Å². The minimum absolute atomic E-state index is 0.502. The van der Waals surface area contributed by atoms with E-state index in [1.165, 1.54) is 12.8 Å². The Kier molecular flexibility index (Phi) is 1.89. The summed E-state index contributed by atoms with van der Waals surface area (Å²) in [7, 11) is 0. The molecule has 0 aromatic rings. The lowest BCUT2D eigenvalue weighted by Crippen LogP contribution is -2.21. The molecular formula is C10H18. The normalized spacial score (nSPS) is 37.9. The second-order valence-corrected chi connectivity index (χ2v) is 4.14. The van der Waals surface area contributed by atoms with Crippen LogP contribution in [0.15, 0.2) is 12.7 Å². The predicted molar refractivity (Wildman–Crippen MR) is 45.9 cm³/mol. The smallest absolute Gasteiger partial charge is 0.0182 e. The van der Waals surface area contributed by atoms with Crippen molar-refractivity contribution in [2.45, 2.75) is 33.6 Å². The summed E-state index contributed by atoms with van der Waals surface area (Å²) in [6.45, 7) is 10.9. The predicted octanol–water partition coefficient (Wildman–Crippen LogP) is 3.24. The summed E-state index contributed by atoms with van der Waals surface area (Å²) in [5.74, 6) is 1.62. The van der Waals surface area contributed by atoms with Gasteiger partial charge in [-0.1, -0.05) is 26.8 Å². The fourth-order valence-electron chi connectivity index (χ4n) is 1.96. The molecule has 58 valence electrons. The lowest BCUT2D eigenvalue weighted by Gasteiger charge is -2.28. The van der Waals surface area contributed by atoms with Gasteiger partial charge in [0.15, 0.2) is 0 Å². The largest absolute Gasteiger partial charge is 0.103 e. The number of rotatable bonds is 1. The third-order valence-corrected chi connectivity index (χ3v) is 3.42. The van der Waals surface area contributed by atoms with E-state index >= 15 is 0 Å². The Morgan fingerprint density at radius 2 is 2.00 bits per heavy atom. The van der Waals surface area contributed by atoms with E-state index in [1.54, 1.807) is 0 Å². The lowest BCUT2D eigenvalue weighted by atomic mass is 9.76. The highest BCUT2D eigenvalue weighted by Gasteiger charge is 2.38. The minimum Gasteiger partial charge on any atom is -0.103 e. The molecule has 2 atom stereocenters. The topological polar surface area (TPSA) is 0 Å². The van der Waals surface area contributed by atoms with E-state index in [9.17, 15) is 0 Å². The van der Waals surface area contributed by atoms with E-state index in [1.807, 2.05) is 0 Å². The van der Waals surface area contributed by atoms with Crippen molar-refractivity contribution < 1.29 is 0 Å². The Balaban J connectivity index is 2.73. The third-order valence-electron chi connectivity index (χ3n) is 3.42. The molecule has 1 saturated carbocycles. The van der Waals surface area contributed by atoms with Crippen LogP contribution in [-0.4, -0.2) is 0 Å². The van der Waals surface area contributed by atoms with Crippen LogP contribution in [0, 0.1) is 17.3 Å². The summed E-state index contributed by atoms with van der Waals surface area (Å²) in [5, 5.41) is 0. The van der Waals surface area contributed by atoms with Crippen LogP contribution in [-0.2, 0) is 0 Å². The summed E-state index contributed by atoms with van der Waals surface area (Å²) in [5.41, 5.74) is 0.502. The molecule has 0 bridgehead atoms. The van der Waals surface area contributed by atoms with Crippen LogP contribution in [0.5, 0.6) is 0 Å². The molecule has 2 unspecified atom stereocenters. The SMILES string of the molecule is C=CC1CCC(C)C1(C)C. The molecule has 0 spiro atoms. The molecule has 1 rings (SSSR count). The molecule has 0 saturated heterocycles. The highest BCUT2D eigenvalue weighted by atomic mass is 14.4. The summed E-state index contributed by atoms with van der Waals surface area (Å²) in [4.78, 5) is 0. The molecule has 0 aliphatic heterocycles. The van der Waals surface area contributed by atoms with Gasteiger partial charge in [-0.25, -0.2) is 0 Å². The maximum atomic E-state index is 3.87. The van der Waals surface area contributed by atoms with Gasteiger partial charge in [-0.2, -0.15) is 0 Å². The molecule has 0 heterocycles. The molecule has 0 heteroatoms. The summed E-state index contributed by atoms with van der Waals surface area (Å²) in [6, 6.07) is 0. The fourth-order valence-corrected chi connectivity index (χ4v) is 1.96. The van der Waals surface area contributed by atoms with Gasteiger partial charge in [0.25, 0.3) is 0 Å². The lowest BCUT2D eigenvalue weighted by molar-refractivity contribution is 0.232. The van der Waals surface area contributed by atoms with Crippen LogP contribution in [0.4, 0.5) is 0 Å². The van der Waals surface area contributed by atoms with E-state index < -0.39 is 0 Å². The highest BCUT2D eigenvalue weighted by molar-refractivity contribution is 4.97. The number of allylic oxidation sites excluding steroid dienone is 1. The van der Waals surface area contributed by atoms with Gasteiger partial charge in [0.05, 0.1) is 0 Å². The molecule has 10 heavy (non-hydrogen) atoms. The zero-order chi connectivity index (χ0) is 7.78. The molecule has 0 nitrogen and oxygen atoms in total. The van der Waals surface area contributed by atoms with Gasteiger partial charge in [0, 0.05) is 0 Å². The van der Waals surface area contributed by atoms with Crippen molar-refractivity contribution in [3.8, 4) is 0 Å². The Morgan fingerprint density at radius 3 is 2.20 bits per heavy atom. The monoisotopic (exact) mass is 138 g/mol. The highest BCUT2D eigenvalue weighted by Crippen LogP contribution is 2.47. The van der Waals surface area contributed by atoms with Crippen molar-refractivity contribution in [3.63, 3.8) is 0 Å². The Labute approximate surface area is 64.3 Å². The molecule has 1 fully saturated rings. The van der Waals surface area contributed by atoms with Crippen molar-refractivity contribution in [2.24, 2.45) is 17.3 Å². The molecule has 1 aliphatic carbocycles. The summed E-state index contributed by atoms with van der Waals surface area (Å²) >= 11 is 0. The Bertz CT molecular complexity index is 133. The van der Waals surface area contributed by atoms with Crippen LogP contribution < -0.4 is 0 Å². The van der Waals surface area contributed by atoms with Crippen LogP contribution in [0.2, 0.25) is 0 Å². The maximum absolute atomic E-state index is 3.87. The van der Waals surface area contributed by atoms with Crippen molar-refractivity contribution in [3.05, 3.63) is 12.7 Å². The Morgan fingerprint density at radius 1 is 1.40 bits per heavy atom. The second-order valence-electron chi connectivity index (χ2n) is 4.14. The van der Waals surface area contributed by atoms with Crippen LogP contribution in [0.1, 0.15) is 33.6 Å². The average Bonchev–Trinajstić information content (AvgIpc) is 2.10. The second kappa shape index (κ2) is 2.41. The maximum Gasteiger partial charge on any atom is -0.0182 e. The van der Waals surface area contributed by atoms with Crippen LogP contribution in [0.3, 0.4) is 0 Å². The molecule has 0 amide bonds. The van der Waals surface area contributed by atoms with Gasteiger partial charge >= 0.3 is 0 Å². The van der Waals surface area contributed by atoms with Gasteiger partial charge in [0.2, 0.25) is 0 Å². The molecule has 0 aromatic heterocycles. The fraction of sp³-hybridized carbons (Fsp3) is 0.800. The van der Waals surface area contributed by atoms with E-state index in [-0.39, 0.29) is 0 Å². The minimum atomic E-state index is 0.502. The van der Waals surface area contributed by atoms with Gasteiger partial charge in [0.1, 0.15) is 0 Å².